The summed E-state index contributed by atoms with van der Waals surface area (Å²) < 4.78 is 5.68. The van der Waals surface area contributed by atoms with Crippen molar-refractivity contribution < 1.29 is 9.84 Å². The van der Waals surface area contributed by atoms with Crippen molar-refractivity contribution in [2.75, 3.05) is 19.8 Å². The van der Waals surface area contributed by atoms with Crippen LogP contribution in [0, 0.1) is 0 Å². The van der Waals surface area contributed by atoms with Gasteiger partial charge in [-0.1, -0.05) is 25.5 Å². The fourth-order valence-electron chi connectivity index (χ4n) is 1.87. The molecule has 0 atom stereocenters. The number of rotatable bonds is 11. The number of aliphatic hydroxyl groups is 1. The summed E-state index contributed by atoms with van der Waals surface area (Å²) in [6.07, 6.45) is 5.33. The van der Waals surface area contributed by atoms with Crippen molar-refractivity contribution >= 4 is 0 Å². The molecule has 2 N–H and O–H groups in total. The van der Waals surface area contributed by atoms with Crippen LogP contribution in [0.5, 0.6) is 5.75 Å². The Morgan fingerprint density at radius 3 is 2.47 bits per heavy atom. The molecule has 19 heavy (non-hydrogen) atoms. The molecule has 3 nitrogen and oxygen atoms in total. The number of unbranched alkanes of at least 4 members (excludes halogenated alkanes) is 3. The lowest BCUT2D eigenvalue weighted by Gasteiger charge is -2.07. The molecule has 1 rings (SSSR count). The van der Waals surface area contributed by atoms with Crippen molar-refractivity contribution in [1.29, 1.82) is 0 Å². The van der Waals surface area contributed by atoms with Gasteiger partial charge in [0.15, 0.2) is 0 Å². The molecule has 0 fully saturated rings. The quantitative estimate of drug-likeness (QED) is 0.604. The molecule has 108 valence electrons. The maximum atomic E-state index is 8.67. The lowest BCUT2D eigenvalue weighted by molar-refractivity contribution is 0.273. The highest BCUT2D eigenvalue weighted by atomic mass is 16.5. The smallest absolute Gasteiger partial charge is 0.119 e. The summed E-state index contributed by atoms with van der Waals surface area (Å²) in [6.45, 7) is 5.22. The molecular weight excluding hydrogens is 238 g/mol. The second-order valence-electron chi connectivity index (χ2n) is 4.81. The Morgan fingerprint density at radius 1 is 1.05 bits per heavy atom. The largest absolute Gasteiger partial charge is 0.494 e. The lowest BCUT2D eigenvalue weighted by atomic mass is 10.2. The van der Waals surface area contributed by atoms with Gasteiger partial charge in [-0.15, -0.1) is 0 Å². The maximum Gasteiger partial charge on any atom is 0.119 e. The van der Waals surface area contributed by atoms with Gasteiger partial charge in [-0.2, -0.15) is 0 Å². The molecule has 1 aromatic carbocycles. The van der Waals surface area contributed by atoms with Gasteiger partial charge in [-0.3, -0.25) is 0 Å². The van der Waals surface area contributed by atoms with E-state index in [1.807, 2.05) is 12.1 Å². The fourth-order valence-corrected chi connectivity index (χ4v) is 1.87. The Hall–Kier alpha value is -1.06. The van der Waals surface area contributed by atoms with Crippen LogP contribution in [0.15, 0.2) is 24.3 Å². The van der Waals surface area contributed by atoms with Gasteiger partial charge >= 0.3 is 0 Å². The Morgan fingerprint density at radius 2 is 1.79 bits per heavy atom. The first kappa shape index (κ1) is 16.0. The van der Waals surface area contributed by atoms with Crippen LogP contribution < -0.4 is 10.1 Å². The van der Waals surface area contributed by atoms with Gasteiger partial charge in [0.25, 0.3) is 0 Å². The third kappa shape index (κ3) is 7.85. The first-order valence-corrected chi connectivity index (χ1v) is 7.40. The zero-order valence-corrected chi connectivity index (χ0v) is 12.0. The average Bonchev–Trinajstić information content (AvgIpc) is 2.44. The second-order valence-corrected chi connectivity index (χ2v) is 4.81. The van der Waals surface area contributed by atoms with Crippen LogP contribution in [0.4, 0.5) is 0 Å². The minimum absolute atomic E-state index is 0.300. The monoisotopic (exact) mass is 265 g/mol. The van der Waals surface area contributed by atoms with E-state index in [1.54, 1.807) is 0 Å². The highest BCUT2D eigenvalue weighted by Gasteiger charge is 1.96. The van der Waals surface area contributed by atoms with Gasteiger partial charge in [-0.25, -0.2) is 0 Å². The van der Waals surface area contributed by atoms with E-state index in [1.165, 1.54) is 5.56 Å². The van der Waals surface area contributed by atoms with E-state index >= 15 is 0 Å². The van der Waals surface area contributed by atoms with Crippen LogP contribution in [-0.4, -0.2) is 24.9 Å². The van der Waals surface area contributed by atoms with E-state index in [0.29, 0.717) is 6.61 Å². The molecule has 0 bridgehead atoms. The Labute approximate surface area is 117 Å². The van der Waals surface area contributed by atoms with E-state index in [-0.39, 0.29) is 0 Å². The summed E-state index contributed by atoms with van der Waals surface area (Å²) in [6, 6.07) is 8.31. The molecule has 3 heteroatoms. The predicted molar refractivity (Wildman–Crippen MR) is 79.5 cm³/mol. The SMILES string of the molecule is CCCNCc1ccc(OCCCCCCO)cc1. The number of ether oxygens (including phenoxy) is 1. The molecule has 0 radical (unpaired) electrons. The van der Waals surface area contributed by atoms with Crippen molar-refractivity contribution in [3.05, 3.63) is 29.8 Å². The summed E-state index contributed by atoms with van der Waals surface area (Å²) >= 11 is 0. The number of aliphatic hydroxyl groups excluding tert-OH is 1. The zero-order valence-electron chi connectivity index (χ0n) is 12.0. The topological polar surface area (TPSA) is 41.5 Å². The van der Waals surface area contributed by atoms with Crippen LogP contribution in [0.1, 0.15) is 44.6 Å². The van der Waals surface area contributed by atoms with Crippen molar-refractivity contribution in [2.24, 2.45) is 0 Å². The molecule has 1 aromatic rings. The molecule has 0 aliphatic heterocycles. The maximum absolute atomic E-state index is 8.67. The van der Waals surface area contributed by atoms with Crippen molar-refractivity contribution in [2.45, 2.75) is 45.6 Å². The van der Waals surface area contributed by atoms with Gasteiger partial charge in [0.1, 0.15) is 5.75 Å². The van der Waals surface area contributed by atoms with Gasteiger partial charge in [-0.05, 0) is 49.9 Å². The Bertz CT molecular complexity index is 311. The highest BCUT2D eigenvalue weighted by molar-refractivity contribution is 5.27. The molecule has 0 saturated heterocycles. The van der Waals surface area contributed by atoms with Gasteiger partial charge in [0.2, 0.25) is 0 Å². The van der Waals surface area contributed by atoms with E-state index in [4.69, 9.17) is 9.84 Å². The van der Waals surface area contributed by atoms with Crippen molar-refractivity contribution in [3.63, 3.8) is 0 Å². The highest BCUT2D eigenvalue weighted by Crippen LogP contribution is 2.13. The van der Waals surface area contributed by atoms with Crippen LogP contribution >= 0.6 is 0 Å². The zero-order chi connectivity index (χ0) is 13.8. The van der Waals surface area contributed by atoms with Gasteiger partial charge in [0, 0.05) is 13.2 Å². The standard InChI is InChI=1S/C16H27NO2/c1-2-11-17-14-15-7-9-16(10-8-15)19-13-6-4-3-5-12-18/h7-10,17-18H,2-6,11-14H2,1H3. The molecular formula is C16H27NO2. The molecule has 0 spiro atoms. The minimum atomic E-state index is 0.300. The van der Waals surface area contributed by atoms with Crippen LogP contribution in [0.25, 0.3) is 0 Å². The van der Waals surface area contributed by atoms with Crippen LogP contribution in [0.3, 0.4) is 0 Å². The summed E-state index contributed by atoms with van der Waals surface area (Å²) in [5, 5.41) is 12.0. The number of nitrogens with one attached hydrogen (secondary N) is 1. The third-order valence-corrected chi connectivity index (χ3v) is 3.00. The lowest BCUT2D eigenvalue weighted by Crippen LogP contribution is -2.13. The number of benzene rings is 1. The fraction of sp³-hybridized carbons (Fsp3) is 0.625. The molecule has 0 unspecified atom stereocenters. The van der Waals surface area contributed by atoms with Gasteiger partial charge in [0.05, 0.1) is 6.61 Å². The third-order valence-electron chi connectivity index (χ3n) is 3.00. The predicted octanol–water partition coefficient (Wildman–Crippen LogP) is 3.12. The van der Waals surface area contributed by atoms with Crippen molar-refractivity contribution in [3.8, 4) is 5.75 Å². The van der Waals surface area contributed by atoms with Gasteiger partial charge < -0.3 is 15.2 Å². The van der Waals surface area contributed by atoms with Crippen LogP contribution in [0.2, 0.25) is 0 Å². The Kier molecular flexibility index (Phi) is 9.11. The summed E-state index contributed by atoms with van der Waals surface area (Å²) in [4.78, 5) is 0. The normalized spacial score (nSPS) is 10.6. The molecule has 0 aromatic heterocycles. The number of hydrogen-bond donors (Lipinski definition) is 2. The Balaban J connectivity index is 2.13. The van der Waals surface area contributed by atoms with Crippen molar-refractivity contribution in [1.82, 2.24) is 5.32 Å². The summed E-state index contributed by atoms with van der Waals surface area (Å²) in [5.74, 6) is 0.946. The first-order valence-electron chi connectivity index (χ1n) is 7.40. The van der Waals surface area contributed by atoms with E-state index in [9.17, 15) is 0 Å². The second kappa shape index (κ2) is 10.8. The average molecular weight is 265 g/mol. The van der Waals surface area contributed by atoms with Crippen LogP contribution in [-0.2, 0) is 6.54 Å². The molecule has 0 amide bonds. The first-order chi connectivity index (χ1) is 9.36. The van der Waals surface area contributed by atoms with E-state index < -0.39 is 0 Å². The minimum Gasteiger partial charge on any atom is -0.494 e. The summed E-state index contributed by atoms with van der Waals surface area (Å²) in [5.41, 5.74) is 1.30. The number of hydrogen-bond acceptors (Lipinski definition) is 3. The molecule has 0 heterocycles. The molecule has 0 saturated carbocycles. The van der Waals surface area contributed by atoms with E-state index in [2.05, 4.69) is 24.4 Å². The molecule has 0 aliphatic carbocycles. The van der Waals surface area contributed by atoms with E-state index in [0.717, 1.165) is 57.6 Å². The molecule has 0 aliphatic rings. The summed E-state index contributed by atoms with van der Waals surface area (Å²) in [7, 11) is 0.